The third-order valence-corrected chi connectivity index (χ3v) is 6.17. The summed E-state index contributed by atoms with van der Waals surface area (Å²) in [6.45, 7) is 6.34. The summed E-state index contributed by atoms with van der Waals surface area (Å²) < 4.78 is 11.9. The summed E-state index contributed by atoms with van der Waals surface area (Å²) in [7, 11) is 1.69. The second-order valence-corrected chi connectivity index (χ2v) is 8.52. The smallest absolute Gasteiger partial charge is 0.191 e. The lowest BCUT2D eigenvalue weighted by molar-refractivity contribution is 0.198. The molecule has 3 rings (SSSR count). The highest BCUT2D eigenvalue weighted by molar-refractivity contribution is 7.09. The van der Waals surface area contributed by atoms with Crippen molar-refractivity contribution in [3.05, 3.63) is 39.8 Å². The fourth-order valence-electron chi connectivity index (χ4n) is 3.62. The van der Waals surface area contributed by atoms with Gasteiger partial charge in [-0.25, -0.2) is 9.98 Å². The number of hydrogen-bond acceptors (Lipinski definition) is 5. The van der Waals surface area contributed by atoms with Gasteiger partial charge >= 0.3 is 0 Å². The van der Waals surface area contributed by atoms with Gasteiger partial charge in [-0.3, -0.25) is 0 Å². The first kappa shape index (κ1) is 22.4. The molecule has 6 nitrogen and oxygen atoms in total. The van der Waals surface area contributed by atoms with E-state index < -0.39 is 0 Å². The number of thiazole rings is 1. The first-order valence-corrected chi connectivity index (χ1v) is 11.8. The highest BCUT2D eigenvalue weighted by atomic mass is 32.1. The molecule has 0 unspecified atom stereocenters. The molecule has 1 heterocycles. The maximum Gasteiger partial charge on any atom is 0.191 e. The number of guanidine groups is 1. The van der Waals surface area contributed by atoms with Crippen LogP contribution in [0.1, 0.15) is 55.3 Å². The van der Waals surface area contributed by atoms with E-state index >= 15 is 0 Å². The zero-order valence-electron chi connectivity index (χ0n) is 18.4. The van der Waals surface area contributed by atoms with Crippen LogP contribution in [0.4, 0.5) is 0 Å². The predicted molar refractivity (Wildman–Crippen MR) is 124 cm³/mol. The van der Waals surface area contributed by atoms with Gasteiger partial charge in [0.1, 0.15) is 0 Å². The number of hydrogen-bond donors (Lipinski definition) is 2. The molecule has 1 aromatic heterocycles. The Balaban J connectivity index is 1.60. The van der Waals surface area contributed by atoms with E-state index in [-0.39, 0.29) is 6.10 Å². The molecule has 0 bridgehead atoms. The Morgan fingerprint density at radius 3 is 2.80 bits per heavy atom. The van der Waals surface area contributed by atoms with Gasteiger partial charge < -0.3 is 20.1 Å². The Hall–Kier alpha value is -2.28. The van der Waals surface area contributed by atoms with Crippen LogP contribution in [-0.4, -0.2) is 37.2 Å². The lowest BCUT2D eigenvalue weighted by Gasteiger charge is -2.19. The van der Waals surface area contributed by atoms with Crippen molar-refractivity contribution in [3.8, 4) is 11.5 Å². The number of para-hydroxylation sites is 1. The van der Waals surface area contributed by atoms with Crippen molar-refractivity contribution in [2.45, 2.75) is 65.0 Å². The summed E-state index contributed by atoms with van der Waals surface area (Å²) in [6.07, 6.45) is 7.00. The van der Waals surface area contributed by atoms with Crippen LogP contribution in [-0.2, 0) is 13.0 Å². The van der Waals surface area contributed by atoms with Crippen molar-refractivity contribution < 1.29 is 9.47 Å². The van der Waals surface area contributed by atoms with Gasteiger partial charge in [-0.1, -0.05) is 12.1 Å². The van der Waals surface area contributed by atoms with E-state index in [9.17, 15) is 0 Å². The molecule has 1 aliphatic carbocycles. The van der Waals surface area contributed by atoms with Crippen LogP contribution in [0.15, 0.2) is 28.6 Å². The van der Waals surface area contributed by atoms with Crippen LogP contribution >= 0.6 is 11.3 Å². The Kier molecular flexibility index (Phi) is 8.81. The standard InChI is InChI=1S/C23H34N4O2S/c1-4-24-23(25-14-8-13-21-27-17(2)16-30-21)26-15-18-9-7-12-20(28-3)22(18)29-19-10-5-6-11-19/h7,9,12,16,19H,4-6,8,10-11,13-15H2,1-3H3,(H2,24,25,26). The maximum absolute atomic E-state index is 6.33. The van der Waals surface area contributed by atoms with Crippen molar-refractivity contribution >= 4 is 17.3 Å². The number of nitrogens with one attached hydrogen (secondary N) is 2. The second kappa shape index (κ2) is 11.8. The Morgan fingerprint density at radius 1 is 1.27 bits per heavy atom. The minimum absolute atomic E-state index is 0.282. The van der Waals surface area contributed by atoms with Gasteiger partial charge in [0.25, 0.3) is 0 Å². The van der Waals surface area contributed by atoms with Gasteiger partial charge in [0.15, 0.2) is 17.5 Å². The minimum atomic E-state index is 0.282. The largest absolute Gasteiger partial charge is 0.493 e. The number of aryl methyl sites for hydroxylation is 2. The lowest BCUT2D eigenvalue weighted by atomic mass is 10.1. The highest BCUT2D eigenvalue weighted by Crippen LogP contribution is 2.35. The molecule has 2 N–H and O–H groups in total. The Bertz CT molecular complexity index is 815. The van der Waals surface area contributed by atoms with Gasteiger partial charge in [-0.15, -0.1) is 11.3 Å². The molecule has 164 valence electrons. The van der Waals surface area contributed by atoms with Gasteiger partial charge in [0.2, 0.25) is 0 Å². The van der Waals surface area contributed by atoms with Crippen LogP contribution in [0.3, 0.4) is 0 Å². The van der Waals surface area contributed by atoms with Crippen molar-refractivity contribution in [2.24, 2.45) is 4.99 Å². The average molecular weight is 431 g/mol. The minimum Gasteiger partial charge on any atom is -0.493 e. The van der Waals surface area contributed by atoms with Crippen LogP contribution in [0.25, 0.3) is 0 Å². The summed E-state index contributed by atoms with van der Waals surface area (Å²) in [4.78, 5) is 9.32. The van der Waals surface area contributed by atoms with E-state index in [0.717, 1.165) is 67.5 Å². The molecule has 0 atom stereocenters. The van der Waals surface area contributed by atoms with Crippen LogP contribution in [0.2, 0.25) is 0 Å². The molecule has 1 aliphatic rings. The molecule has 0 aliphatic heterocycles. The number of rotatable bonds is 10. The van der Waals surface area contributed by atoms with E-state index in [1.165, 1.54) is 17.8 Å². The molecule has 0 amide bonds. The molecule has 0 radical (unpaired) electrons. The number of benzene rings is 1. The van der Waals surface area contributed by atoms with Crippen molar-refractivity contribution in [2.75, 3.05) is 20.2 Å². The molecule has 7 heteroatoms. The Labute approximate surface area is 184 Å². The number of nitrogens with zero attached hydrogens (tertiary/aromatic N) is 2. The number of methoxy groups -OCH3 is 1. The molecule has 1 fully saturated rings. The highest BCUT2D eigenvalue weighted by Gasteiger charge is 2.20. The van der Waals surface area contributed by atoms with Crippen molar-refractivity contribution in [1.29, 1.82) is 0 Å². The molecular weight excluding hydrogens is 396 g/mol. The quantitative estimate of drug-likeness (QED) is 0.331. The normalized spacial score (nSPS) is 14.7. The number of ether oxygens (including phenoxy) is 2. The van der Waals surface area contributed by atoms with Crippen LogP contribution < -0.4 is 20.1 Å². The first-order valence-electron chi connectivity index (χ1n) is 10.9. The third-order valence-electron chi connectivity index (χ3n) is 5.15. The molecule has 0 saturated heterocycles. The molecule has 0 spiro atoms. The van der Waals surface area contributed by atoms with Gasteiger partial charge in [-0.05, 0) is 52.0 Å². The number of aliphatic imine (C=N–C) groups is 1. The van der Waals surface area contributed by atoms with Gasteiger partial charge in [-0.2, -0.15) is 0 Å². The molecule has 1 aromatic carbocycles. The van der Waals surface area contributed by atoms with Crippen LogP contribution in [0, 0.1) is 6.92 Å². The molecule has 1 saturated carbocycles. The van der Waals surface area contributed by atoms with Gasteiger partial charge in [0.05, 0.1) is 24.8 Å². The monoisotopic (exact) mass is 430 g/mol. The van der Waals surface area contributed by atoms with Gasteiger partial charge in [0, 0.05) is 36.1 Å². The average Bonchev–Trinajstić information content (AvgIpc) is 3.41. The summed E-state index contributed by atoms with van der Waals surface area (Å²) in [5.41, 5.74) is 2.16. The summed E-state index contributed by atoms with van der Waals surface area (Å²) in [6, 6.07) is 6.04. The Morgan fingerprint density at radius 2 is 2.10 bits per heavy atom. The summed E-state index contributed by atoms with van der Waals surface area (Å²) in [5.74, 6) is 2.44. The molecule has 2 aromatic rings. The zero-order valence-corrected chi connectivity index (χ0v) is 19.2. The molecule has 30 heavy (non-hydrogen) atoms. The molecular formula is C23H34N4O2S. The lowest BCUT2D eigenvalue weighted by Crippen LogP contribution is -2.37. The van der Waals surface area contributed by atoms with Crippen molar-refractivity contribution in [3.63, 3.8) is 0 Å². The fraction of sp³-hybridized carbons (Fsp3) is 0.565. The first-order chi connectivity index (χ1) is 14.7. The van der Waals surface area contributed by atoms with E-state index in [1.807, 2.05) is 19.1 Å². The van der Waals surface area contributed by atoms with E-state index in [4.69, 9.17) is 14.5 Å². The van der Waals surface area contributed by atoms with E-state index in [1.54, 1.807) is 18.4 Å². The number of aromatic nitrogens is 1. The second-order valence-electron chi connectivity index (χ2n) is 7.58. The topological polar surface area (TPSA) is 67.8 Å². The van der Waals surface area contributed by atoms with E-state index in [2.05, 4.69) is 34.0 Å². The van der Waals surface area contributed by atoms with E-state index in [0.29, 0.717) is 6.54 Å². The zero-order chi connectivity index (χ0) is 21.2. The third kappa shape index (κ3) is 6.62. The fourth-order valence-corrected chi connectivity index (χ4v) is 4.44. The van der Waals surface area contributed by atoms with Crippen molar-refractivity contribution in [1.82, 2.24) is 15.6 Å². The summed E-state index contributed by atoms with van der Waals surface area (Å²) >= 11 is 1.73. The summed E-state index contributed by atoms with van der Waals surface area (Å²) in [5, 5.41) is 10.1. The SMILES string of the molecule is CCNC(=NCc1cccc(OC)c1OC1CCCC1)NCCCc1nc(C)cs1. The van der Waals surface area contributed by atoms with Crippen LogP contribution in [0.5, 0.6) is 11.5 Å². The predicted octanol–water partition coefficient (Wildman–Crippen LogP) is 4.47. The maximum atomic E-state index is 6.33.